The van der Waals surface area contributed by atoms with Gasteiger partial charge in [-0.2, -0.15) is 0 Å². The number of benzene rings is 2. The molecule has 0 unspecified atom stereocenters. The largest absolute Gasteiger partial charge is 0.456 e. The average molecular weight is 457 g/mol. The molecule has 2 saturated heterocycles. The highest BCUT2D eigenvalue weighted by atomic mass is 35.5. The Morgan fingerprint density at radius 1 is 0.844 bits per heavy atom. The molecule has 0 radical (unpaired) electrons. The number of anilines is 1. The van der Waals surface area contributed by atoms with E-state index >= 15 is 0 Å². The van der Waals surface area contributed by atoms with Crippen LogP contribution in [0.3, 0.4) is 0 Å². The third-order valence-corrected chi connectivity index (χ3v) is 6.16. The average Bonchev–Trinajstić information content (AvgIpc) is 3.33. The van der Waals surface area contributed by atoms with Crippen molar-refractivity contribution in [2.24, 2.45) is 0 Å². The van der Waals surface area contributed by atoms with Crippen LogP contribution in [0.1, 0.15) is 12.8 Å². The smallest absolute Gasteiger partial charge is 0.238 e. The Bertz CT molecular complexity index is 923. The number of piperazine rings is 1. The quantitative estimate of drug-likeness (QED) is 0.692. The molecule has 0 aromatic heterocycles. The molecule has 2 amide bonds. The number of carbonyl (C=O) groups is 2. The van der Waals surface area contributed by atoms with Crippen molar-refractivity contribution < 1.29 is 14.3 Å². The SMILES string of the molecule is O=C(CN1CCN(CC(=O)N2CCCC2)CC1)Nc1ccc(Oc2ccccc2Cl)cc1. The molecule has 2 aromatic rings. The highest BCUT2D eigenvalue weighted by Crippen LogP contribution is 2.29. The van der Waals surface area contributed by atoms with Gasteiger partial charge in [-0.05, 0) is 49.2 Å². The van der Waals surface area contributed by atoms with Crippen LogP contribution in [0.4, 0.5) is 5.69 Å². The number of ether oxygens (including phenoxy) is 1. The van der Waals surface area contributed by atoms with Gasteiger partial charge in [0.05, 0.1) is 18.1 Å². The van der Waals surface area contributed by atoms with E-state index in [0.717, 1.165) is 57.8 Å². The molecule has 0 spiro atoms. The molecule has 32 heavy (non-hydrogen) atoms. The van der Waals surface area contributed by atoms with E-state index in [9.17, 15) is 9.59 Å². The van der Waals surface area contributed by atoms with Crippen LogP contribution >= 0.6 is 11.6 Å². The number of rotatable bonds is 7. The number of hydrogen-bond donors (Lipinski definition) is 1. The minimum absolute atomic E-state index is 0.0497. The summed E-state index contributed by atoms with van der Waals surface area (Å²) >= 11 is 6.12. The van der Waals surface area contributed by atoms with Crippen molar-refractivity contribution in [1.29, 1.82) is 0 Å². The van der Waals surface area contributed by atoms with Gasteiger partial charge in [-0.1, -0.05) is 23.7 Å². The third kappa shape index (κ3) is 6.22. The number of amides is 2. The fourth-order valence-corrected chi connectivity index (χ4v) is 4.20. The zero-order valence-electron chi connectivity index (χ0n) is 18.1. The standard InChI is InChI=1S/C24H29ClN4O3/c25-21-5-1-2-6-22(21)32-20-9-7-19(8-10-20)26-23(30)17-27-13-15-28(16-14-27)18-24(31)29-11-3-4-12-29/h1-2,5-10H,3-4,11-18H2,(H,26,30). The molecule has 2 heterocycles. The van der Waals surface area contributed by atoms with Gasteiger partial charge in [-0.3, -0.25) is 19.4 Å². The fourth-order valence-electron chi connectivity index (χ4n) is 4.03. The first-order chi connectivity index (χ1) is 15.6. The van der Waals surface area contributed by atoms with Crippen LogP contribution in [-0.4, -0.2) is 78.9 Å². The second kappa shape index (κ2) is 10.8. The molecule has 2 aliphatic heterocycles. The summed E-state index contributed by atoms with van der Waals surface area (Å²) in [6.45, 7) is 5.80. The van der Waals surface area contributed by atoms with Crippen LogP contribution in [-0.2, 0) is 9.59 Å². The van der Waals surface area contributed by atoms with Crippen LogP contribution in [0.5, 0.6) is 11.5 Å². The Labute approximate surface area is 193 Å². The summed E-state index contributed by atoms with van der Waals surface area (Å²) in [5.74, 6) is 1.42. The van der Waals surface area contributed by atoms with E-state index in [1.807, 2.05) is 29.2 Å². The fraction of sp³-hybridized carbons (Fsp3) is 0.417. The molecule has 2 fully saturated rings. The number of hydrogen-bond acceptors (Lipinski definition) is 5. The molecule has 4 rings (SSSR count). The van der Waals surface area contributed by atoms with Crippen molar-refractivity contribution in [1.82, 2.24) is 14.7 Å². The maximum absolute atomic E-state index is 12.5. The second-order valence-electron chi connectivity index (χ2n) is 8.25. The number of carbonyl (C=O) groups excluding carboxylic acids is 2. The zero-order chi connectivity index (χ0) is 22.3. The first kappa shape index (κ1) is 22.6. The number of halogens is 1. The number of likely N-dealkylation sites (tertiary alicyclic amines) is 1. The monoisotopic (exact) mass is 456 g/mol. The van der Waals surface area contributed by atoms with Crippen LogP contribution in [0, 0.1) is 0 Å². The summed E-state index contributed by atoms with van der Waals surface area (Å²) in [5, 5.41) is 3.48. The van der Waals surface area contributed by atoms with Crippen molar-refractivity contribution in [2.45, 2.75) is 12.8 Å². The lowest BCUT2D eigenvalue weighted by atomic mass is 10.2. The molecule has 8 heteroatoms. The molecule has 0 saturated carbocycles. The van der Waals surface area contributed by atoms with Gasteiger partial charge in [0, 0.05) is 45.0 Å². The Morgan fingerprint density at radius 2 is 1.47 bits per heavy atom. The van der Waals surface area contributed by atoms with Crippen LogP contribution in [0.2, 0.25) is 5.02 Å². The topological polar surface area (TPSA) is 65.1 Å². The van der Waals surface area contributed by atoms with Gasteiger partial charge in [0.1, 0.15) is 11.5 Å². The first-order valence-electron chi connectivity index (χ1n) is 11.1. The van der Waals surface area contributed by atoms with Crippen molar-refractivity contribution in [3.05, 3.63) is 53.6 Å². The minimum Gasteiger partial charge on any atom is -0.456 e. The predicted octanol–water partition coefficient (Wildman–Crippen LogP) is 3.31. The highest BCUT2D eigenvalue weighted by Gasteiger charge is 2.24. The molecule has 170 valence electrons. The third-order valence-electron chi connectivity index (χ3n) is 5.85. The van der Waals surface area contributed by atoms with E-state index in [1.54, 1.807) is 24.3 Å². The molecule has 0 atom stereocenters. The maximum Gasteiger partial charge on any atom is 0.238 e. The normalized spacial score (nSPS) is 17.3. The van der Waals surface area contributed by atoms with E-state index in [1.165, 1.54) is 0 Å². The van der Waals surface area contributed by atoms with Crippen LogP contribution in [0.15, 0.2) is 48.5 Å². The minimum atomic E-state index is -0.0497. The summed E-state index contributed by atoms with van der Waals surface area (Å²) in [7, 11) is 0. The maximum atomic E-state index is 12.5. The molecule has 0 bridgehead atoms. The lowest BCUT2D eigenvalue weighted by Crippen LogP contribution is -2.51. The Hall–Kier alpha value is -2.61. The molecule has 2 aliphatic rings. The Balaban J connectivity index is 1.19. The summed E-state index contributed by atoms with van der Waals surface area (Å²) in [6, 6.07) is 14.5. The van der Waals surface area contributed by atoms with Gasteiger partial charge in [-0.25, -0.2) is 0 Å². The highest BCUT2D eigenvalue weighted by molar-refractivity contribution is 6.32. The summed E-state index contributed by atoms with van der Waals surface area (Å²) in [6.07, 6.45) is 2.23. The van der Waals surface area contributed by atoms with Gasteiger partial charge < -0.3 is 15.0 Å². The summed E-state index contributed by atoms with van der Waals surface area (Å²) in [5.41, 5.74) is 0.719. The van der Waals surface area contributed by atoms with Crippen molar-refractivity contribution in [3.8, 4) is 11.5 Å². The van der Waals surface area contributed by atoms with Crippen molar-refractivity contribution >= 4 is 29.1 Å². The number of nitrogens with one attached hydrogen (secondary N) is 1. The first-order valence-corrected chi connectivity index (χ1v) is 11.5. The number of nitrogens with zero attached hydrogens (tertiary/aromatic N) is 3. The van der Waals surface area contributed by atoms with Gasteiger partial charge in [0.25, 0.3) is 0 Å². The molecular formula is C24H29ClN4O3. The van der Waals surface area contributed by atoms with Gasteiger partial charge in [-0.15, -0.1) is 0 Å². The summed E-state index contributed by atoms with van der Waals surface area (Å²) in [4.78, 5) is 31.0. The lowest BCUT2D eigenvalue weighted by molar-refractivity contribution is -0.132. The van der Waals surface area contributed by atoms with Gasteiger partial charge in [0.15, 0.2) is 0 Å². The van der Waals surface area contributed by atoms with E-state index in [-0.39, 0.29) is 11.8 Å². The van der Waals surface area contributed by atoms with Gasteiger partial charge in [0.2, 0.25) is 11.8 Å². The van der Waals surface area contributed by atoms with E-state index in [2.05, 4.69) is 15.1 Å². The second-order valence-corrected chi connectivity index (χ2v) is 8.65. The van der Waals surface area contributed by atoms with E-state index in [4.69, 9.17) is 16.3 Å². The van der Waals surface area contributed by atoms with Crippen molar-refractivity contribution in [3.63, 3.8) is 0 Å². The lowest BCUT2D eigenvalue weighted by Gasteiger charge is -2.34. The molecule has 1 N–H and O–H groups in total. The van der Waals surface area contributed by atoms with Gasteiger partial charge >= 0.3 is 0 Å². The molecule has 0 aliphatic carbocycles. The predicted molar refractivity (Wildman–Crippen MR) is 125 cm³/mol. The summed E-state index contributed by atoms with van der Waals surface area (Å²) < 4.78 is 5.78. The Morgan fingerprint density at radius 3 is 2.12 bits per heavy atom. The van der Waals surface area contributed by atoms with Crippen LogP contribution < -0.4 is 10.1 Å². The zero-order valence-corrected chi connectivity index (χ0v) is 18.9. The molecule has 7 nitrogen and oxygen atoms in total. The molecular weight excluding hydrogens is 428 g/mol. The van der Waals surface area contributed by atoms with Crippen LogP contribution in [0.25, 0.3) is 0 Å². The van der Waals surface area contributed by atoms with E-state index < -0.39 is 0 Å². The Kier molecular flexibility index (Phi) is 7.63. The van der Waals surface area contributed by atoms with E-state index in [0.29, 0.717) is 29.6 Å². The van der Waals surface area contributed by atoms with Crippen molar-refractivity contribution in [2.75, 3.05) is 57.7 Å². The molecule has 2 aromatic carbocycles. The number of para-hydroxylation sites is 1.